The second-order valence-electron chi connectivity index (χ2n) is 10.0. The van der Waals surface area contributed by atoms with Crippen LogP contribution in [-0.2, 0) is 25.5 Å². The first kappa shape index (κ1) is 35.3. The monoisotopic (exact) mass is 586 g/mol. The van der Waals surface area contributed by atoms with Crippen LogP contribution in [0.3, 0.4) is 0 Å². The molecule has 3 atom stereocenters. The molecule has 2 rings (SSSR count). The molecule has 0 aromatic heterocycles. The van der Waals surface area contributed by atoms with Gasteiger partial charge in [0.05, 0.1) is 26.4 Å². The number of benzene rings is 2. The molecule has 7 N–H and O–H groups in total. The fraction of sp³-hybridized carbons (Fsp3) is 0.548. The summed E-state index contributed by atoms with van der Waals surface area (Å²) in [5.74, 6) is -0.513. The highest BCUT2D eigenvalue weighted by Gasteiger charge is 2.19. The zero-order valence-electron chi connectivity index (χ0n) is 25.3. The Hall–Kier alpha value is -2.90. The van der Waals surface area contributed by atoms with Gasteiger partial charge in [-0.05, 0) is 43.8 Å². The van der Waals surface area contributed by atoms with Crippen LogP contribution in [-0.4, -0.2) is 108 Å². The van der Waals surface area contributed by atoms with Crippen molar-refractivity contribution in [3.05, 3.63) is 60.2 Å². The van der Waals surface area contributed by atoms with E-state index in [0.717, 1.165) is 36.2 Å². The van der Waals surface area contributed by atoms with E-state index in [4.69, 9.17) is 9.47 Å². The van der Waals surface area contributed by atoms with E-state index < -0.39 is 12.3 Å². The number of carbonyl (C=O) groups is 2. The lowest BCUT2D eigenvalue weighted by atomic mass is 10.0. The third-order valence-electron chi connectivity index (χ3n) is 6.62. The summed E-state index contributed by atoms with van der Waals surface area (Å²) in [6, 6.07) is 17.8. The van der Waals surface area contributed by atoms with Gasteiger partial charge >= 0.3 is 0 Å². The predicted molar refractivity (Wildman–Crippen MR) is 166 cm³/mol. The highest BCUT2D eigenvalue weighted by Crippen LogP contribution is 2.19. The zero-order chi connectivity index (χ0) is 30.4. The van der Waals surface area contributed by atoms with Gasteiger partial charge in [0, 0.05) is 45.6 Å². The van der Waals surface area contributed by atoms with Crippen LogP contribution in [0.15, 0.2) is 54.6 Å². The van der Waals surface area contributed by atoms with Crippen molar-refractivity contribution in [1.29, 1.82) is 0 Å². The van der Waals surface area contributed by atoms with Gasteiger partial charge in [0.1, 0.15) is 12.3 Å². The van der Waals surface area contributed by atoms with Crippen LogP contribution < -0.4 is 31.9 Å². The summed E-state index contributed by atoms with van der Waals surface area (Å²) >= 11 is 0. The normalized spacial score (nSPS) is 13.3. The van der Waals surface area contributed by atoms with Gasteiger partial charge in [0.15, 0.2) is 0 Å². The Morgan fingerprint density at radius 1 is 0.833 bits per heavy atom. The smallest absolute Gasteiger partial charge is 0.243 e. The lowest BCUT2D eigenvalue weighted by Gasteiger charge is -2.19. The average Bonchev–Trinajstić information content (AvgIpc) is 3.00. The third-order valence-corrected chi connectivity index (χ3v) is 6.62. The molecule has 234 valence electrons. The minimum atomic E-state index is -0.672. The Morgan fingerprint density at radius 3 is 2.14 bits per heavy atom. The van der Waals surface area contributed by atoms with Crippen molar-refractivity contribution >= 4 is 11.8 Å². The number of hydrogen-bond donors (Lipinski definition) is 7. The first-order chi connectivity index (χ1) is 20.4. The van der Waals surface area contributed by atoms with Gasteiger partial charge < -0.3 is 41.2 Å². The molecule has 0 fully saturated rings. The maximum atomic E-state index is 12.7. The molecule has 11 nitrogen and oxygen atoms in total. The van der Waals surface area contributed by atoms with Gasteiger partial charge in [-0.15, -0.1) is 0 Å². The summed E-state index contributed by atoms with van der Waals surface area (Å²) in [4.78, 5) is 24.5. The maximum Gasteiger partial charge on any atom is 0.243 e. The predicted octanol–water partition coefficient (Wildman–Crippen LogP) is 0.245. The van der Waals surface area contributed by atoms with E-state index in [1.54, 1.807) is 0 Å². The minimum Gasteiger partial charge on any atom is -0.378 e. The minimum absolute atomic E-state index is 0.254. The summed E-state index contributed by atoms with van der Waals surface area (Å²) in [5.41, 5.74) is 3.17. The Bertz CT molecular complexity index is 995. The quantitative estimate of drug-likeness (QED) is 0.0720. The van der Waals surface area contributed by atoms with Crippen LogP contribution in [0, 0.1) is 0 Å². The summed E-state index contributed by atoms with van der Waals surface area (Å²) in [6.07, 6.45) is 0.750. The Morgan fingerprint density at radius 2 is 1.50 bits per heavy atom. The SMILES string of the molecule is CNCCC(CNC[C@H](O)NCCOCCOCCNC(=O)[C@H](Cc1ccc(-c2ccccc2)cc1)NC(C)=O)NC. The van der Waals surface area contributed by atoms with E-state index in [0.29, 0.717) is 58.5 Å². The molecule has 0 bridgehead atoms. The topological polar surface area (TPSA) is 145 Å². The van der Waals surface area contributed by atoms with E-state index in [2.05, 4.69) is 31.9 Å². The van der Waals surface area contributed by atoms with Crippen molar-refractivity contribution in [1.82, 2.24) is 31.9 Å². The molecule has 0 aliphatic carbocycles. The highest BCUT2D eigenvalue weighted by molar-refractivity contribution is 5.87. The first-order valence-electron chi connectivity index (χ1n) is 14.7. The van der Waals surface area contributed by atoms with Gasteiger partial charge in [-0.25, -0.2) is 0 Å². The number of aliphatic hydroxyl groups is 1. The molecule has 0 saturated carbocycles. The van der Waals surface area contributed by atoms with Crippen molar-refractivity contribution in [3.63, 3.8) is 0 Å². The Balaban J connectivity index is 1.55. The number of rotatable bonds is 23. The lowest BCUT2D eigenvalue weighted by molar-refractivity contribution is -0.128. The number of amides is 2. The summed E-state index contributed by atoms with van der Waals surface area (Å²) in [5, 5.41) is 28.3. The van der Waals surface area contributed by atoms with E-state index >= 15 is 0 Å². The second-order valence-corrected chi connectivity index (χ2v) is 10.0. The van der Waals surface area contributed by atoms with E-state index in [1.807, 2.05) is 68.7 Å². The molecular weight excluding hydrogens is 536 g/mol. The highest BCUT2D eigenvalue weighted by atomic mass is 16.5. The molecule has 0 aliphatic heterocycles. The van der Waals surface area contributed by atoms with Crippen LogP contribution in [0.4, 0.5) is 0 Å². The third kappa shape index (κ3) is 15.4. The van der Waals surface area contributed by atoms with Crippen LogP contribution in [0.5, 0.6) is 0 Å². The molecule has 2 aromatic carbocycles. The van der Waals surface area contributed by atoms with Crippen molar-refractivity contribution in [2.24, 2.45) is 0 Å². The van der Waals surface area contributed by atoms with Crippen LogP contribution >= 0.6 is 0 Å². The molecule has 42 heavy (non-hydrogen) atoms. The summed E-state index contributed by atoms with van der Waals surface area (Å²) in [7, 11) is 3.87. The molecular formula is C31H50N6O5. The van der Waals surface area contributed by atoms with E-state index in [-0.39, 0.29) is 11.8 Å². The van der Waals surface area contributed by atoms with Gasteiger partial charge in [0.25, 0.3) is 0 Å². The molecule has 0 saturated heterocycles. The maximum absolute atomic E-state index is 12.7. The number of ether oxygens (including phenoxy) is 2. The van der Waals surface area contributed by atoms with Crippen LogP contribution in [0.2, 0.25) is 0 Å². The molecule has 2 amide bonds. The molecule has 11 heteroatoms. The van der Waals surface area contributed by atoms with E-state index in [1.165, 1.54) is 6.92 Å². The number of aliphatic hydroxyl groups excluding tert-OH is 1. The van der Waals surface area contributed by atoms with Gasteiger partial charge in [-0.1, -0.05) is 54.6 Å². The number of nitrogens with one attached hydrogen (secondary N) is 6. The van der Waals surface area contributed by atoms with Crippen molar-refractivity contribution in [2.75, 3.05) is 73.2 Å². The Kier molecular flexibility index (Phi) is 18.3. The molecule has 0 aliphatic rings. The molecule has 2 aromatic rings. The lowest BCUT2D eigenvalue weighted by Crippen LogP contribution is -2.48. The van der Waals surface area contributed by atoms with Gasteiger partial charge in [-0.3, -0.25) is 14.9 Å². The fourth-order valence-corrected chi connectivity index (χ4v) is 4.28. The van der Waals surface area contributed by atoms with Gasteiger partial charge in [-0.2, -0.15) is 0 Å². The summed E-state index contributed by atoms with van der Waals surface area (Å²) < 4.78 is 11.1. The average molecular weight is 587 g/mol. The van der Waals surface area contributed by atoms with E-state index in [9.17, 15) is 14.7 Å². The first-order valence-corrected chi connectivity index (χ1v) is 14.7. The van der Waals surface area contributed by atoms with Crippen molar-refractivity contribution < 1.29 is 24.2 Å². The van der Waals surface area contributed by atoms with Crippen molar-refractivity contribution in [3.8, 4) is 11.1 Å². The van der Waals surface area contributed by atoms with Gasteiger partial charge in [0.2, 0.25) is 11.8 Å². The molecule has 0 spiro atoms. The second kappa shape index (κ2) is 21.8. The molecule has 0 radical (unpaired) electrons. The molecule has 0 heterocycles. The number of carbonyl (C=O) groups excluding carboxylic acids is 2. The number of likely N-dealkylation sites (N-methyl/N-ethyl adjacent to an activating group) is 1. The number of hydrogen-bond acceptors (Lipinski definition) is 9. The Labute approximate surface area is 250 Å². The fourth-order valence-electron chi connectivity index (χ4n) is 4.28. The molecule has 1 unspecified atom stereocenters. The largest absolute Gasteiger partial charge is 0.378 e. The van der Waals surface area contributed by atoms with Crippen LogP contribution in [0.25, 0.3) is 11.1 Å². The summed E-state index contributed by atoms with van der Waals surface area (Å²) in [6.45, 7) is 6.00. The van der Waals surface area contributed by atoms with Crippen molar-refractivity contribution in [2.45, 2.75) is 38.1 Å². The zero-order valence-corrected chi connectivity index (χ0v) is 25.3. The standard InChI is InChI=1S/C31H50N6O5/c1-24(38)37-29(21-25-9-11-27(12-10-25)26-7-5-4-6-8-26)31(40)36-16-18-42-20-19-41-17-15-35-30(39)23-34-22-28(33-3)13-14-32-2/h4-12,28-30,32-35,39H,13-23H2,1-3H3,(H,36,40)(H,37,38)/t28?,29-,30-/m0/s1. The van der Waals surface area contributed by atoms with Crippen LogP contribution in [0.1, 0.15) is 18.9 Å².